The van der Waals surface area contributed by atoms with E-state index in [0.717, 1.165) is 5.75 Å². The summed E-state index contributed by atoms with van der Waals surface area (Å²) >= 11 is 1.76. The smallest absolute Gasteiger partial charge is 0.172 e. The maximum absolute atomic E-state index is 5.84. The lowest BCUT2D eigenvalue weighted by molar-refractivity contribution is -0.120. The number of thioether (sulfide) groups is 1. The van der Waals surface area contributed by atoms with E-state index in [9.17, 15) is 0 Å². The highest BCUT2D eigenvalue weighted by Crippen LogP contribution is 2.32. The predicted molar refractivity (Wildman–Crippen MR) is 73.0 cm³/mol. The first-order valence-electron chi connectivity index (χ1n) is 5.60. The third kappa shape index (κ3) is 4.00. The number of methoxy groups -OCH3 is 2. The first-order chi connectivity index (χ1) is 8.16. The molecule has 0 spiro atoms. The lowest BCUT2D eigenvalue weighted by atomic mass is 10.1. The van der Waals surface area contributed by atoms with Gasteiger partial charge in [0.2, 0.25) is 0 Å². The van der Waals surface area contributed by atoms with Crippen molar-refractivity contribution in [1.82, 2.24) is 0 Å². The molecule has 4 heteroatoms. The van der Waals surface area contributed by atoms with Gasteiger partial charge < -0.3 is 15.2 Å². The van der Waals surface area contributed by atoms with Crippen molar-refractivity contribution in [2.24, 2.45) is 5.73 Å². The van der Waals surface area contributed by atoms with E-state index in [1.807, 2.05) is 18.2 Å². The Hall–Kier alpha value is -0.550. The van der Waals surface area contributed by atoms with Gasteiger partial charge in [-0.1, -0.05) is 30.3 Å². The zero-order valence-corrected chi connectivity index (χ0v) is 11.5. The Morgan fingerprint density at radius 2 is 1.82 bits per heavy atom. The SMILES string of the molecule is COC(OC)C(C)(CN)SCc1ccccc1. The minimum atomic E-state index is -0.291. The third-order valence-electron chi connectivity index (χ3n) is 2.74. The van der Waals surface area contributed by atoms with Gasteiger partial charge >= 0.3 is 0 Å². The van der Waals surface area contributed by atoms with Crippen molar-refractivity contribution in [1.29, 1.82) is 0 Å². The second-order valence-corrected chi connectivity index (χ2v) is 5.60. The lowest BCUT2D eigenvalue weighted by Crippen LogP contribution is -2.45. The van der Waals surface area contributed by atoms with E-state index in [4.69, 9.17) is 15.2 Å². The zero-order valence-electron chi connectivity index (χ0n) is 10.7. The highest BCUT2D eigenvalue weighted by Gasteiger charge is 2.34. The van der Waals surface area contributed by atoms with Crippen LogP contribution in [0.3, 0.4) is 0 Å². The van der Waals surface area contributed by atoms with Crippen LogP contribution >= 0.6 is 11.8 Å². The molecule has 0 aliphatic heterocycles. The molecule has 1 unspecified atom stereocenters. The summed E-state index contributed by atoms with van der Waals surface area (Å²) in [6, 6.07) is 10.3. The molecule has 0 aliphatic rings. The lowest BCUT2D eigenvalue weighted by Gasteiger charge is -2.33. The van der Waals surface area contributed by atoms with Gasteiger partial charge in [0.25, 0.3) is 0 Å². The van der Waals surface area contributed by atoms with Crippen LogP contribution in [-0.4, -0.2) is 31.8 Å². The Labute approximate surface area is 108 Å². The Balaban J connectivity index is 2.63. The molecule has 1 aromatic rings. The van der Waals surface area contributed by atoms with Crippen molar-refractivity contribution in [2.75, 3.05) is 20.8 Å². The average molecular weight is 255 g/mol. The molecular formula is C13H21NO2S. The van der Waals surface area contributed by atoms with Gasteiger partial charge in [0.05, 0.1) is 4.75 Å². The standard InChI is InChI=1S/C13H21NO2S/c1-13(10-14,12(15-2)16-3)17-9-11-7-5-4-6-8-11/h4-8,12H,9-10,14H2,1-3H3. The third-order valence-corrected chi connectivity index (χ3v) is 4.24. The summed E-state index contributed by atoms with van der Waals surface area (Å²) in [5, 5.41) is 0. The minimum absolute atomic E-state index is 0.237. The van der Waals surface area contributed by atoms with Crippen LogP contribution in [0.15, 0.2) is 30.3 Å². The first-order valence-corrected chi connectivity index (χ1v) is 6.58. The molecule has 0 bridgehead atoms. The molecule has 2 N–H and O–H groups in total. The summed E-state index contributed by atoms with van der Waals surface area (Å²) < 4.78 is 10.4. The van der Waals surface area contributed by atoms with E-state index in [1.165, 1.54) is 5.56 Å². The monoisotopic (exact) mass is 255 g/mol. The Bertz CT molecular complexity index is 316. The molecule has 0 heterocycles. The molecule has 0 saturated heterocycles. The largest absolute Gasteiger partial charge is 0.354 e. The molecule has 96 valence electrons. The molecule has 0 aliphatic carbocycles. The van der Waals surface area contributed by atoms with Gasteiger partial charge in [0.1, 0.15) is 0 Å². The van der Waals surface area contributed by atoms with Crippen molar-refractivity contribution in [3.8, 4) is 0 Å². The summed E-state index contributed by atoms with van der Waals surface area (Å²) in [5.74, 6) is 0.901. The van der Waals surface area contributed by atoms with Gasteiger partial charge in [-0.25, -0.2) is 0 Å². The van der Waals surface area contributed by atoms with Gasteiger partial charge in [0.15, 0.2) is 6.29 Å². The fraction of sp³-hybridized carbons (Fsp3) is 0.538. The van der Waals surface area contributed by atoms with Gasteiger partial charge in [-0.05, 0) is 12.5 Å². The van der Waals surface area contributed by atoms with Gasteiger partial charge in [0, 0.05) is 26.5 Å². The Morgan fingerprint density at radius 3 is 2.29 bits per heavy atom. The zero-order chi connectivity index (χ0) is 12.7. The molecule has 1 atom stereocenters. The number of ether oxygens (including phenoxy) is 2. The molecule has 0 aromatic heterocycles. The summed E-state index contributed by atoms with van der Waals surface area (Å²) in [6.45, 7) is 2.58. The van der Waals surface area contributed by atoms with E-state index >= 15 is 0 Å². The summed E-state index contributed by atoms with van der Waals surface area (Å²) in [5.41, 5.74) is 7.12. The van der Waals surface area contributed by atoms with E-state index < -0.39 is 0 Å². The molecule has 0 saturated carbocycles. The van der Waals surface area contributed by atoms with Gasteiger partial charge in [-0.3, -0.25) is 0 Å². The van der Waals surface area contributed by atoms with E-state index in [1.54, 1.807) is 26.0 Å². The van der Waals surface area contributed by atoms with Crippen molar-refractivity contribution < 1.29 is 9.47 Å². The number of rotatable bonds is 7. The molecule has 0 amide bonds. The summed E-state index contributed by atoms with van der Waals surface area (Å²) in [6.07, 6.45) is -0.291. The van der Waals surface area contributed by atoms with Crippen molar-refractivity contribution in [3.05, 3.63) is 35.9 Å². The van der Waals surface area contributed by atoms with Crippen molar-refractivity contribution >= 4 is 11.8 Å². The van der Waals surface area contributed by atoms with Gasteiger partial charge in [-0.2, -0.15) is 0 Å². The maximum Gasteiger partial charge on any atom is 0.172 e. The highest BCUT2D eigenvalue weighted by molar-refractivity contribution is 7.99. The van der Waals surface area contributed by atoms with Gasteiger partial charge in [-0.15, -0.1) is 11.8 Å². The summed E-state index contributed by atoms with van der Waals surface area (Å²) in [7, 11) is 3.29. The second kappa shape index (κ2) is 7.01. The van der Waals surface area contributed by atoms with Crippen molar-refractivity contribution in [3.63, 3.8) is 0 Å². The molecule has 17 heavy (non-hydrogen) atoms. The van der Waals surface area contributed by atoms with E-state index in [-0.39, 0.29) is 11.0 Å². The van der Waals surface area contributed by atoms with Crippen molar-refractivity contribution in [2.45, 2.75) is 23.7 Å². The number of benzene rings is 1. The van der Waals surface area contributed by atoms with Crippen LogP contribution in [0, 0.1) is 0 Å². The van der Waals surface area contributed by atoms with Crippen LogP contribution in [0.1, 0.15) is 12.5 Å². The van der Waals surface area contributed by atoms with E-state index in [0.29, 0.717) is 6.54 Å². The molecule has 0 fully saturated rings. The average Bonchev–Trinajstić information content (AvgIpc) is 2.39. The highest BCUT2D eigenvalue weighted by atomic mass is 32.2. The molecular weight excluding hydrogens is 234 g/mol. The van der Waals surface area contributed by atoms with Crippen LogP contribution < -0.4 is 5.73 Å². The fourth-order valence-electron chi connectivity index (χ4n) is 1.64. The quantitative estimate of drug-likeness (QED) is 0.759. The normalized spacial score (nSPS) is 14.9. The van der Waals surface area contributed by atoms with Crippen LogP contribution in [0.4, 0.5) is 0 Å². The minimum Gasteiger partial charge on any atom is -0.354 e. The van der Waals surface area contributed by atoms with Crippen LogP contribution in [-0.2, 0) is 15.2 Å². The fourth-order valence-corrected chi connectivity index (χ4v) is 2.78. The Kier molecular flexibility index (Phi) is 5.98. The number of hydrogen-bond acceptors (Lipinski definition) is 4. The molecule has 3 nitrogen and oxygen atoms in total. The summed E-state index contributed by atoms with van der Waals surface area (Å²) in [4.78, 5) is 0. The molecule has 1 aromatic carbocycles. The van der Waals surface area contributed by atoms with E-state index in [2.05, 4.69) is 19.1 Å². The number of nitrogens with two attached hydrogens (primary N) is 1. The molecule has 1 rings (SSSR count). The second-order valence-electron chi connectivity index (χ2n) is 4.09. The van der Waals surface area contributed by atoms with Crippen LogP contribution in [0.2, 0.25) is 0 Å². The Morgan fingerprint density at radius 1 is 1.24 bits per heavy atom. The van der Waals surface area contributed by atoms with Crippen LogP contribution in [0.5, 0.6) is 0 Å². The first kappa shape index (κ1) is 14.5. The number of hydrogen-bond donors (Lipinski definition) is 1. The maximum atomic E-state index is 5.84. The predicted octanol–water partition coefficient (Wildman–Crippen LogP) is 2.26. The molecule has 0 radical (unpaired) electrons. The van der Waals surface area contributed by atoms with Crippen LogP contribution in [0.25, 0.3) is 0 Å². The topological polar surface area (TPSA) is 44.5 Å².